The first-order chi connectivity index (χ1) is 6.72. The molecule has 0 unspecified atom stereocenters. The highest BCUT2D eigenvalue weighted by Gasteiger charge is 1.99. The SMILES string of the molecule is CCCc1ccc(SCC(=O)O)cc1. The fourth-order valence-electron chi connectivity index (χ4n) is 1.19. The summed E-state index contributed by atoms with van der Waals surface area (Å²) in [5.41, 5.74) is 1.31. The summed E-state index contributed by atoms with van der Waals surface area (Å²) in [6.45, 7) is 2.15. The molecule has 3 heteroatoms. The average Bonchev–Trinajstić information content (AvgIpc) is 2.17. The van der Waals surface area contributed by atoms with E-state index in [0.717, 1.165) is 17.7 Å². The van der Waals surface area contributed by atoms with Crippen molar-refractivity contribution in [3.8, 4) is 0 Å². The number of aliphatic carboxylic acids is 1. The second kappa shape index (κ2) is 5.70. The number of thioether (sulfide) groups is 1. The van der Waals surface area contributed by atoms with Crippen molar-refractivity contribution in [3.05, 3.63) is 29.8 Å². The summed E-state index contributed by atoms with van der Waals surface area (Å²) in [7, 11) is 0. The molecule has 1 N–H and O–H groups in total. The van der Waals surface area contributed by atoms with Crippen LogP contribution in [0.25, 0.3) is 0 Å². The van der Waals surface area contributed by atoms with Gasteiger partial charge in [-0.25, -0.2) is 0 Å². The van der Waals surface area contributed by atoms with Gasteiger partial charge in [0.05, 0.1) is 5.75 Å². The van der Waals surface area contributed by atoms with Crippen molar-refractivity contribution >= 4 is 17.7 Å². The Kier molecular flexibility index (Phi) is 4.53. The Balaban J connectivity index is 2.50. The predicted octanol–water partition coefficient (Wildman–Crippen LogP) is 2.82. The monoisotopic (exact) mass is 210 g/mol. The molecule has 14 heavy (non-hydrogen) atoms. The first-order valence-corrected chi connectivity index (χ1v) is 5.64. The molecular formula is C11H14O2S. The van der Waals surface area contributed by atoms with Crippen molar-refractivity contribution < 1.29 is 9.90 Å². The summed E-state index contributed by atoms with van der Waals surface area (Å²) in [5, 5.41) is 8.49. The minimum Gasteiger partial charge on any atom is -0.481 e. The van der Waals surface area contributed by atoms with Crippen LogP contribution in [0.4, 0.5) is 0 Å². The zero-order chi connectivity index (χ0) is 10.4. The Morgan fingerprint density at radius 2 is 2.00 bits per heavy atom. The largest absolute Gasteiger partial charge is 0.481 e. The summed E-state index contributed by atoms with van der Waals surface area (Å²) < 4.78 is 0. The second-order valence-electron chi connectivity index (χ2n) is 3.08. The van der Waals surface area contributed by atoms with Gasteiger partial charge in [0.25, 0.3) is 0 Å². The molecule has 0 atom stereocenters. The highest BCUT2D eigenvalue weighted by molar-refractivity contribution is 8.00. The van der Waals surface area contributed by atoms with Gasteiger partial charge in [0, 0.05) is 4.90 Å². The molecule has 2 nitrogen and oxygen atoms in total. The average molecular weight is 210 g/mol. The summed E-state index contributed by atoms with van der Waals surface area (Å²) in [6.07, 6.45) is 2.23. The van der Waals surface area contributed by atoms with E-state index in [1.165, 1.54) is 17.3 Å². The molecule has 0 aliphatic carbocycles. The molecule has 0 saturated heterocycles. The van der Waals surface area contributed by atoms with Crippen LogP contribution in [0.5, 0.6) is 0 Å². The van der Waals surface area contributed by atoms with Gasteiger partial charge in [-0.05, 0) is 24.1 Å². The zero-order valence-electron chi connectivity index (χ0n) is 8.19. The molecule has 0 aliphatic rings. The normalized spacial score (nSPS) is 10.1. The van der Waals surface area contributed by atoms with E-state index in [-0.39, 0.29) is 5.75 Å². The van der Waals surface area contributed by atoms with Crippen molar-refractivity contribution in [2.45, 2.75) is 24.7 Å². The minimum absolute atomic E-state index is 0.132. The van der Waals surface area contributed by atoms with Crippen LogP contribution in [-0.2, 0) is 11.2 Å². The van der Waals surface area contributed by atoms with Crippen LogP contribution in [0, 0.1) is 0 Å². The molecule has 0 aromatic heterocycles. The van der Waals surface area contributed by atoms with Crippen molar-refractivity contribution in [1.29, 1.82) is 0 Å². The van der Waals surface area contributed by atoms with Gasteiger partial charge in [-0.2, -0.15) is 0 Å². The third-order valence-electron chi connectivity index (χ3n) is 1.82. The maximum absolute atomic E-state index is 10.3. The van der Waals surface area contributed by atoms with Gasteiger partial charge in [-0.3, -0.25) is 4.79 Å². The highest BCUT2D eigenvalue weighted by Crippen LogP contribution is 2.18. The molecule has 1 aromatic carbocycles. The van der Waals surface area contributed by atoms with E-state index < -0.39 is 5.97 Å². The molecular weight excluding hydrogens is 196 g/mol. The number of benzene rings is 1. The Bertz CT molecular complexity index is 293. The molecule has 0 spiro atoms. The van der Waals surface area contributed by atoms with Crippen molar-refractivity contribution in [2.75, 3.05) is 5.75 Å². The molecule has 0 amide bonds. The van der Waals surface area contributed by atoms with Crippen LogP contribution in [-0.4, -0.2) is 16.8 Å². The smallest absolute Gasteiger partial charge is 0.313 e. The standard InChI is InChI=1S/C11H14O2S/c1-2-3-9-4-6-10(7-5-9)14-8-11(12)13/h4-7H,2-3,8H2,1H3,(H,12,13). The third kappa shape index (κ3) is 3.83. The van der Waals surface area contributed by atoms with Gasteiger partial charge in [0.15, 0.2) is 0 Å². The molecule has 1 aromatic rings. The third-order valence-corrected chi connectivity index (χ3v) is 2.82. The van der Waals surface area contributed by atoms with Gasteiger partial charge in [0.2, 0.25) is 0 Å². The summed E-state index contributed by atoms with van der Waals surface area (Å²) >= 11 is 1.36. The minimum atomic E-state index is -0.771. The lowest BCUT2D eigenvalue weighted by Gasteiger charge is -2.01. The second-order valence-corrected chi connectivity index (χ2v) is 4.13. The molecule has 76 valence electrons. The van der Waals surface area contributed by atoms with E-state index >= 15 is 0 Å². The summed E-state index contributed by atoms with van der Waals surface area (Å²) in [6, 6.07) is 8.10. The number of aryl methyl sites for hydroxylation is 1. The molecule has 0 saturated carbocycles. The lowest BCUT2D eigenvalue weighted by Crippen LogP contribution is -1.97. The maximum Gasteiger partial charge on any atom is 0.313 e. The quantitative estimate of drug-likeness (QED) is 0.759. The van der Waals surface area contributed by atoms with Crippen LogP contribution in [0.1, 0.15) is 18.9 Å². The van der Waals surface area contributed by atoms with E-state index in [0.29, 0.717) is 0 Å². The highest BCUT2D eigenvalue weighted by atomic mass is 32.2. The van der Waals surface area contributed by atoms with Crippen LogP contribution in [0.15, 0.2) is 29.2 Å². The molecule has 0 bridgehead atoms. The summed E-state index contributed by atoms with van der Waals surface area (Å²) in [4.78, 5) is 11.3. The van der Waals surface area contributed by atoms with Crippen molar-refractivity contribution in [1.82, 2.24) is 0 Å². The van der Waals surface area contributed by atoms with E-state index in [9.17, 15) is 4.79 Å². The van der Waals surface area contributed by atoms with Crippen LogP contribution in [0.2, 0.25) is 0 Å². The van der Waals surface area contributed by atoms with Gasteiger partial charge < -0.3 is 5.11 Å². The van der Waals surface area contributed by atoms with Crippen LogP contribution in [0.3, 0.4) is 0 Å². The number of hydrogen-bond donors (Lipinski definition) is 1. The zero-order valence-corrected chi connectivity index (χ0v) is 9.01. The van der Waals surface area contributed by atoms with E-state index in [1.807, 2.05) is 12.1 Å². The molecule has 1 rings (SSSR count). The van der Waals surface area contributed by atoms with Crippen molar-refractivity contribution in [3.63, 3.8) is 0 Å². The molecule has 0 aliphatic heterocycles. The lowest BCUT2D eigenvalue weighted by molar-refractivity contribution is -0.133. The number of carboxylic acid groups (broad SMARTS) is 1. The topological polar surface area (TPSA) is 37.3 Å². The number of carbonyl (C=O) groups is 1. The van der Waals surface area contributed by atoms with Crippen LogP contribution >= 0.6 is 11.8 Å². The first kappa shape index (κ1) is 11.1. The van der Waals surface area contributed by atoms with Gasteiger partial charge >= 0.3 is 5.97 Å². The number of carboxylic acids is 1. The molecule has 0 heterocycles. The fourth-order valence-corrected chi connectivity index (χ4v) is 1.80. The van der Waals surface area contributed by atoms with Gasteiger partial charge in [0.1, 0.15) is 0 Å². The Morgan fingerprint density at radius 1 is 1.36 bits per heavy atom. The Labute approximate surface area is 88.3 Å². The van der Waals surface area contributed by atoms with Crippen molar-refractivity contribution in [2.24, 2.45) is 0 Å². The fraction of sp³-hybridized carbons (Fsp3) is 0.364. The number of rotatable bonds is 5. The molecule has 0 fully saturated rings. The van der Waals surface area contributed by atoms with E-state index in [4.69, 9.17) is 5.11 Å². The Morgan fingerprint density at radius 3 is 2.50 bits per heavy atom. The van der Waals surface area contributed by atoms with Gasteiger partial charge in [-0.1, -0.05) is 25.5 Å². The predicted molar refractivity (Wildman–Crippen MR) is 58.8 cm³/mol. The van der Waals surface area contributed by atoms with E-state index in [1.54, 1.807) is 0 Å². The Hall–Kier alpha value is -0.960. The number of hydrogen-bond acceptors (Lipinski definition) is 2. The van der Waals surface area contributed by atoms with Gasteiger partial charge in [-0.15, -0.1) is 11.8 Å². The first-order valence-electron chi connectivity index (χ1n) is 4.66. The molecule has 0 radical (unpaired) electrons. The van der Waals surface area contributed by atoms with E-state index in [2.05, 4.69) is 19.1 Å². The lowest BCUT2D eigenvalue weighted by atomic mass is 10.1. The van der Waals surface area contributed by atoms with Crippen LogP contribution < -0.4 is 0 Å². The maximum atomic E-state index is 10.3. The summed E-state index contributed by atoms with van der Waals surface area (Å²) in [5.74, 6) is -0.639.